The molecular formula is C18H18N2O2S. The van der Waals surface area contributed by atoms with Crippen molar-refractivity contribution in [2.45, 2.75) is 12.5 Å². The number of aromatic nitrogens is 1. The van der Waals surface area contributed by atoms with Crippen LogP contribution in [0.5, 0.6) is 0 Å². The number of rotatable bonds is 4. The smallest absolute Gasteiger partial charge is 0.156 e. The molecule has 0 amide bonds. The molecule has 1 atom stereocenters. The van der Waals surface area contributed by atoms with E-state index in [0.29, 0.717) is 19.6 Å². The van der Waals surface area contributed by atoms with E-state index in [1.807, 2.05) is 18.2 Å². The van der Waals surface area contributed by atoms with Crippen molar-refractivity contribution in [3.63, 3.8) is 0 Å². The lowest BCUT2D eigenvalue weighted by atomic mass is 10.1. The first-order valence-corrected chi connectivity index (χ1v) is 8.61. The molecule has 1 aromatic carbocycles. The standard InChI is InChI=1S/C18H18N2O2S/c21-16(15-12-22-7-6-19-15)8-13-9-18-20(10-13)11-17(23-18)14-4-2-1-3-5-14/h1-5,9-11,15,19H,6-8,12H2/t15-/m0/s1. The van der Waals surface area contributed by atoms with Gasteiger partial charge in [-0.05, 0) is 17.2 Å². The van der Waals surface area contributed by atoms with Gasteiger partial charge >= 0.3 is 0 Å². The summed E-state index contributed by atoms with van der Waals surface area (Å²) >= 11 is 1.75. The van der Waals surface area contributed by atoms with E-state index in [1.165, 1.54) is 15.3 Å². The van der Waals surface area contributed by atoms with Gasteiger partial charge in [-0.2, -0.15) is 0 Å². The second-order valence-corrected chi connectivity index (χ2v) is 6.84. The van der Waals surface area contributed by atoms with E-state index in [0.717, 1.165) is 12.1 Å². The highest BCUT2D eigenvalue weighted by molar-refractivity contribution is 7.20. The van der Waals surface area contributed by atoms with Crippen LogP contribution in [0.25, 0.3) is 15.3 Å². The van der Waals surface area contributed by atoms with Crippen LogP contribution >= 0.6 is 11.3 Å². The maximum atomic E-state index is 12.3. The molecular weight excluding hydrogens is 308 g/mol. The van der Waals surface area contributed by atoms with Crippen LogP contribution in [-0.4, -0.2) is 36.0 Å². The summed E-state index contributed by atoms with van der Waals surface area (Å²) in [7, 11) is 0. The van der Waals surface area contributed by atoms with Crippen molar-refractivity contribution >= 4 is 22.0 Å². The van der Waals surface area contributed by atoms with E-state index in [-0.39, 0.29) is 11.8 Å². The molecule has 4 rings (SSSR count). The zero-order valence-electron chi connectivity index (χ0n) is 12.7. The Bertz CT molecular complexity index is 785. The van der Waals surface area contributed by atoms with Gasteiger partial charge in [0.05, 0.1) is 29.0 Å². The van der Waals surface area contributed by atoms with Gasteiger partial charge in [-0.25, -0.2) is 0 Å². The van der Waals surface area contributed by atoms with Crippen LogP contribution < -0.4 is 5.32 Å². The number of morpholine rings is 1. The summed E-state index contributed by atoms with van der Waals surface area (Å²) in [5, 5.41) is 3.22. The summed E-state index contributed by atoms with van der Waals surface area (Å²) in [6.07, 6.45) is 4.64. The Kier molecular flexibility index (Phi) is 3.99. The molecule has 0 aliphatic carbocycles. The SMILES string of the molecule is O=C(Cc1cc2sc(-c3ccccc3)cn2c1)[C@@H]1COCCN1. The molecule has 1 fully saturated rings. The van der Waals surface area contributed by atoms with Gasteiger partial charge in [-0.3, -0.25) is 4.79 Å². The molecule has 0 spiro atoms. The van der Waals surface area contributed by atoms with Gasteiger partial charge in [0.15, 0.2) is 5.78 Å². The number of carbonyl (C=O) groups excluding carboxylic acids is 1. The molecule has 1 aliphatic rings. The van der Waals surface area contributed by atoms with E-state index < -0.39 is 0 Å². The van der Waals surface area contributed by atoms with Crippen molar-refractivity contribution in [1.29, 1.82) is 0 Å². The number of nitrogens with one attached hydrogen (secondary N) is 1. The Morgan fingerprint density at radius 3 is 2.91 bits per heavy atom. The summed E-state index contributed by atoms with van der Waals surface area (Å²) in [6.45, 7) is 1.93. The average Bonchev–Trinajstić information content (AvgIpc) is 3.15. The zero-order valence-corrected chi connectivity index (χ0v) is 13.5. The summed E-state index contributed by atoms with van der Waals surface area (Å²) in [5.74, 6) is 0.200. The third kappa shape index (κ3) is 3.08. The third-order valence-electron chi connectivity index (χ3n) is 4.09. The molecule has 118 valence electrons. The summed E-state index contributed by atoms with van der Waals surface area (Å²) in [6, 6.07) is 12.3. The quantitative estimate of drug-likeness (QED) is 0.802. The maximum Gasteiger partial charge on any atom is 0.156 e. The maximum absolute atomic E-state index is 12.3. The van der Waals surface area contributed by atoms with Crippen LogP contribution in [0.4, 0.5) is 0 Å². The molecule has 3 aromatic rings. The van der Waals surface area contributed by atoms with Gasteiger partial charge in [0, 0.05) is 25.4 Å². The lowest BCUT2D eigenvalue weighted by molar-refractivity contribution is -0.123. The normalized spacial score (nSPS) is 18.3. The first-order valence-electron chi connectivity index (χ1n) is 7.79. The lowest BCUT2D eigenvalue weighted by Gasteiger charge is -2.22. The van der Waals surface area contributed by atoms with Crippen LogP contribution in [0.1, 0.15) is 5.56 Å². The Morgan fingerprint density at radius 1 is 1.30 bits per heavy atom. The number of Topliss-reactive ketones (excluding diaryl/α,β-unsaturated/α-hetero) is 1. The molecule has 0 bridgehead atoms. The number of ether oxygens (including phenoxy) is 1. The van der Waals surface area contributed by atoms with Crippen LogP contribution in [0.3, 0.4) is 0 Å². The molecule has 2 aromatic heterocycles. The topological polar surface area (TPSA) is 42.7 Å². The molecule has 3 heterocycles. The van der Waals surface area contributed by atoms with Crippen LogP contribution in [0.2, 0.25) is 0 Å². The number of fused-ring (bicyclic) bond motifs is 1. The van der Waals surface area contributed by atoms with Crippen molar-refractivity contribution in [3.8, 4) is 10.4 Å². The molecule has 0 radical (unpaired) electrons. The lowest BCUT2D eigenvalue weighted by Crippen LogP contribution is -2.47. The van der Waals surface area contributed by atoms with E-state index in [1.54, 1.807) is 11.3 Å². The monoisotopic (exact) mass is 326 g/mol. The van der Waals surface area contributed by atoms with Gasteiger partial charge < -0.3 is 14.5 Å². The third-order valence-corrected chi connectivity index (χ3v) is 5.18. The first-order chi connectivity index (χ1) is 11.3. The predicted octanol–water partition coefficient (Wildman–Crippen LogP) is 2.77. The fourth-order valence-corrected chi connectivity index (χ4v) is 3.96. The highest BCUT2D eigenvalue weighted by Gasteiger charge is 2.21. The fourth-order valence-electron chi connectivity index (χ4n) is 2.89. The van der Waals surface area contributed by atoms with Crippen LogP contribution in [0, 0.1) is 0 Å². The highest BCUT2D eigenvalue weighted by Crippen LogP contribution is 2.30. The average molecular weight is 326 g/mol. The van der Waals surface area contributed by atoms with Crippen molar-refractivity contribution in [3.05, 3.63) is 54.4 Å². The summed E-state index contributed by atoms with van der Waals surface area (Å²) in [5.41, 5.74) is 2.29. The number of benzene rings is 1. The summed E-state index contributed by atoms with van der Waals surface area (Å²) in [4.78, 5) is 14.7. The molecule has 0 unspecified atom stereocenters. The van der Waals surface area contributed by atoms with Gasteiger partial charge in [0.25, 0.3) is 0 Å². The van der Waals surface area contributed by atoms with Crippen molar-refractivity contribution in [2.75, 3.05) is 19.8 Å². The Balaban J connectivity index is 1.51. The minimum Gasteiger partial charge on any atom is -0.378 e. The number of hydrogen-bond acceptors (Lipinski definition) is 4. The van der Waals surface area contributed by atoms with Crippen molar-refractivity contribution < 1.29 is 9.53 Å². The van der Waals surface area contributed by atoms with E-state index in [4.69, 9.17) is 4.74 Å². The fraction of sp³-hybridized carbons (Fsp3) is 0.278. The highest BCUT2D eigenvalue weighted by atomic mass is 32.1. The molecule has 5 heteroatoms. The zero-order chi connectivity index (χ0) is 15.6. The van der Waals surface area contributed by atoms with Crippen LogP contribution in [0.15, 0.2) is 48.8 Å². The molecule has 1 saturated heterocycles. The van der Waals surface area contributed by atoms with Gasteiger partial charge in [0.2, 0.25) is 0 Å². The molecule has 1 aliphatic heterocycles. The summed E-state index contributed by atoms with van der Waals surface area (Å²) < 4.78 is 7.47. The Hall–Kier alpha value is -1.95. The predicted molar refractivity (Wildman–Crippen MR) is 92.0 cm³/mol. The van der Waals surface area contributed by atoms with Gasteiger partial charge in [0.1, 0.15) is 0 Å². The largest absolute Gasteiger partial charge is 0.378 e. The minimum atomic E-state index is -0.165. The number of carbonyl (C=O) groups is 1. The number of nitrogens with zero attached hydrogens (tertiary/aromatic N) is 1. The van der Waals surface area contributed by atoms with Gasteiger partial charge in [-0.1, -0.05) is 30.3 Å². The van der Waals surface area contributed by atoms with Crippen molar-refractivity contribution in [2.24, 2.45) is 0 Å². The number of hydrogen-bond donors (Lipinski definition) is 1. The minimum absolute atomic E-state index is 0.165. The van der Waals surface area contributed by atoms with Crippen LogP contribution in [-0.2, 0) is 16.0 Å². The number of ketones is 1. The Labute approximate surface area is 138 Å². The molecule has 4 nitrogen and oxygen atoms in total. The van der Waals surface area contributed by atoms with E-state index in [9.17, 15) is 4.79 Å². The van der Waals surface area contributed by atoms with Crippen molar-refractivity contribution in [1.82, 2.24) is 9.72 Å². The molecule has 23 heavy (non-hydrogen) atoms. The van der Waals surface area contributed by atoms with E-state index >= 15 is 0 Å². The van der Waals surface area contributed by atoms with Gasteiger partial charge in [-0.15, -0.1) is 11.3 Å². The first kappa shape index (κ1) is 14.6. The number of thiazole rings is 1. The second-order valence-electron chi connectivity index (χ2n) is 5.78. The second kappa shape index (κ2) is 6.28. The Morgan fingerprint density at radius 2 is 2.17 bits per heavy atom. The molecule has 0 saturated carbocycles. The van der Waals surface area contributed by atoms with E-state index in [2.05, 4.69) is 40.3 Å². The molecule has 1 N–H and O–H groups in total.